The van der Waals surface area contributed by atoms with Crippen LogP contribution in [0.4, 0.5) is 0 Å². The molecule has 2 nitrogen and oxygen atoms in total. The van der Waals surface area contributed by atoms with Gasteiger partial charge in [-0.3, -0.25) is 4.90 Å². The summed E-state index contributed by atoms with van der Waals surface area (Å²) in [5.41, 5.74) is 0.530. The maximum atomic E-state index is 3.41. The van der Waals surface area contributed by atoms with Crippen LogP contribution in [0.3, 0.4) is 0 Å². The Balaban J connectivity index is 1.95. The molecule has 0 atom stereocenters. The second-order valence-corrected chi connectivity index (χ2v) is 6.65. The summed E-state index contributed by atoms with van der Waals surface area (Å²) in [5.74, 6) is 0. The summed E-state index contributed by atoms with van der Waals surface area (Å²) in [5, 5.41) is 5.60. The molecule has 0 spiro atoms. The van der Waals surface area contributed by atoms with Gasteiger partial charge in [-0.05, 0) is 43.3 Å². The topological polar surface area (TPSA) is 15.3 Å². The molecule has 1 saturated carbocycles. The Kier molecular flexibility index (Phi) is 5.22. The zero-order valence-electron chi connectivity index (χ0n) is 11.7. The lowest BCUT2D eigenvalue weighted by molar-refractivity contribution is 0.151. The first-order chi connectivity index (χ1) is 8.78. The van der Waals surface area contributed by atoms with Crippen LogP contribution in [0, 0.1) is 5.41 Å². The fourth-order valence-corrected chi connectivity index (χ4v) is 4.01. The lowest BCUT2D eigenvalue weighted by Crippen LogP contribution is -2.41. The highest BCUT2D eigenvalue weighted by molar-refractivity contribution is 7.09. The summed E-state index contributed by atoms with van der Waals surface area (Å²) in [6.45, 7) is 6.99. The Morgan fingerprint density at radius 2 is 2.17 bits per heavy atom. The number of hydrogen-bond acceptors (Lipinski definition) is 3. The summed E-state index contributed by atoms with van der Waals surface area (Å²) < 4.78 is 0. The molecule has 18 heavy (non-hydrogen) atoms. The van der Waals surface area contributed by atoms with Crippen LogP contribution in [0.15, 0.2) is 17.5 Å². The highest BCUT2D eigenvalue weighted by atomic mass is 32.1. The highest BCUT2D eigenvalue weighted by Crippen LogP contribution is 2.38. The Morgan fingerprint density at radius 3 is 2.72 bits per heavy atom. The Bertz CT molecular complexity index is 328. The van der Waals surface area contributed by atoms with E-state index in [1.54, 1.807) is 0 Å². The summed E-state index contributed by atoms with van der Waals surface area (Å²) in [6, 6.07) is 4.42. The standard InChI is InChI=1S/C15H26N2S/c1-3-17(11-14-7-6-10-18-14)13-15(12-16-2)8-4-5-9-15/h6-7,10,16H,3-5,8-9,11-13H2,1-2H3. The van der Waals surface area contributed by atoms with Gasteiger partial charge < -0.3 is 5.32 Å². The van der Waals surface area contributed by atoms with Crippen molar-refractivity contribution in [3.8, 4) is 0 Å². The molecule has 1 aromatic rings. The van der Waals surface area contributed by atoms with Crippen LogP contribution in [0.5, 0.6) is 0 Å². The van der Waals surface area contributed by atoms with Crippen LogP contribution >= 0.6 is 11.3 Å². The molecule has 1 aromatic heterocycles. The van der Waals surface area contributed by atoms with Gasteiger partial charge in [0.25, 0.3) is 0 Å². The van der Waals surface area contributed by atoms with E-state index in [4.69, 9.17) is 0 Å². The van der Waals surface area contributed by atoms with Crippen molar-refractivity contribution in [1.29, 1.82) is 0 Å². The molecule has 0 bridgehead atoms. The van der Waals surface area contributed by atoms with E-state index in [2.05, 4.69) is 41.7 Å². The number of nitrogens with one attached hydrogen (secondary N) is 1. The molecule has 0 aliphatic heterocycles. The van der Waals surface area contributed by atoms with Crippen LogP contribution in [0.1, 0.15) is 37.5 Å². The molecule has 0 amide bonds. The summed E-state index contributed by atoms with van der Waals surface area (Å²) >= 11 is 1.88. The van der Waals surface area contributed by atoms with Gasteiger partial charge in [-0.15, -0.1) is 11.3 Å². The molecule has 0 saturated heterocycles. The van der Waals surface area contributed by atoms with Crippen molar-refractivity contribution >= 4 is 11.3 Å². The molecule has 0 unspecified atom stereocenters. The van der Waals surface area contributed by atoms with E-state index in [1.807, 2.05) is 11.3 Å². The number of hydrogen-bond donors (Lipinski definition) is 1. The monoisotopic (exact) mass is 266 g/mol. The molecular formula is C15H26N2S. The van der Waals surface area contributed by atoms with Crippen LogP contribution in [-0.2, 0) is 6.54 Å². The largest absolute Gasteiger partial charge is 0.319 e. The highest BCUT2D eigenvalue weighted by Gasteiger charge is 2.34. The zero-order chi connectivity index (χ0) is 12.8. The third kappa shape index (κ3) is 3.56. The van der Waals surface area contributed by atoms with Gasteiger partial charge >= 0.3 is 0 Å². The Labute approximate surface area is 115 Å². The second kappa shape index (κ2) is 6.69. The minimum Gasteiger partial charge on any atom is -0.319 e. The van der Waals surface area contributed by atoms with E-state index in [0.29, 0.717) is 5.41 Å². The van der Waals surface area contributed by atoms with Gasteiger partial charge in [0, 0.05) is 24.5 Å². The molecule has 3 heteroatoms. The third-order valence-electron chi connectivity index (χ3n) is 4.18. The molecule has 0 radical (unpaired) electrons. The van der Waals surface area contributed by atoms with Crippen LogP contribution < -0.4 is 5.32 Å². The van der Waals surface area contributed by atoms with Gasteiger partial charge in [0.1, 0.15) is 0 Å². The maximum Gasteiger partial charge on any atom is 0.0328 e. The van der Waals surface area contributed by atoms with Crippen molar-refractivity contribution in [1.82, 2.24) is 10.2 Å². The van der Waals surface area contributed by atoms with Gasteiger partial charge in [-0.2, -0.15) is 0 Å². The van der Waals surface area contributed by atoms with Gasteiger partial charge in [-0.1, -0.05) is 25.8 Å². The van der Waals surface area contributed by atoms with Crippen molar-refractivity contribution in [3.05, 3.63) is 22.4 Å². The summed E-state index contributed by atoms with van der Waals surface area (Å²) in [4.78, 5) is 4.11. The van der Waals surface area contributed by atoms with E-state index in [9.17, 15) is 0 Å². The van der Waals surface area contributed by atoms with Crippen molar-refractivity contribution in [3.63, 3.8) is 0 Å². The average Bonchev–Trinajstić information content (AvgIpc) is 3.01. The fourth-order valence-electron chi connectivity index (χ4n) is 3.27. The SMILES string of the molecule is CCN(Cc1cccs1)CC1(CNC)CCCC1. The second-order valence-electron chi connectivity index (χ2n) is 5.62. The average molecular weight is 266 g/mol. The lowest BCUT2D eigenvalue weighted by atomic mass is 9.85. The smallest absolute Gasteiger partial charge is 0.0328 e. The Hall–Kier alpha value is -0.380. The minimum atomic E-state index is 0.530. The number of nitrogens with zero attached hydrogens (tertiary/aromatic N) is 1. The molecule has 0 aromatic carbocycles. The summed E-state index contributed by atoms with van der Waals surface area (Å²) in [7, 11) is 2.09. The van der Waals surface area contributed by atoms with Crippen molar-refractivity contribution in [2.24, 2.45) is 5.41 Å². The Morgan fingerprint density at radius 1 is 1.39 bits per heavy atom. The minimum absolute atomic E-state index is 0.530. The van der Waals surface area contributed by atoms with Crippen molar-refractivity contribution in [2.75, 3.05) is 26.7 Å². The van der Waals surface area contributed by atoms with E-state index in [1.165, 1.54) is 43.6 Å². The fraction of sp³-hybridized carbons (Fsp3) is 0.733. The lowest BCUT2D eigenvalue weighted by Gasteiger charge is -2.34. The van der Waals surface area contributed by atoms with Crippen LogP contribution in [0.2, 0.25) is 0 Å². The first kappa shape index (κ1) is 14.0. The van der Waals surface area contributed by atoms with E-state index in [-0.39, 0.29) is 0 Å². The van der Waals surface area contributed by atoms with Crippen LogP contribution in [0.25, 0.3) is 0 Å². The molecular weight excluding hydrogens is 240 g/mol. The van der Waals surface area contributed by atoms with Crippen molar-refractivity contribution < 1.29 is 0 Å². The van der Waals surface area contributed by atoms with Crippen LogP contribution in [-0.4, -0.2) is 31.6 Å². The normalized spacial score (nSPS) is 18.6. The molecule has 102 valence electrons. The predicted molar refractivity (Wildman–Crippen MR) is 80.1 cm³/mol. The van der Waals surface area contributed by atoms with E-state index in [0.717, 1.165) is 13.1 Å². The van der Waals surface area contributed by atoms with E-state index < -0.39 is 0 Å². The zero-order valence-corrected chi connectivity index (χ0v) is 12.6. The summed E-state index contributed by atoms with van der Waals surface area (Å²) in [6.07, 6.45) is 5.63. The third-order valence-corrected chi connectivity index (χ3v) is 5.04. The molecule has 1 aliphatic rings. The first-order valence-electron chi connectivity index (χ1n) is 7.17. The maximum absolute atomic E-state index is 3.41. The van der Waals surface area contributed by atoms with Gasteiger partial charge in [0.15, 0.2) is 0 Å². The molecule has 2 rings (SSSR count). The van der Waals surface area contributed by atoms with Crippen molar-refractivity contribution in [2.45, 2.75) is 39.2 Å². The molecule has 1 N–H and O–H groups in total. The molecule has 1 aliphatic carbocycles. The molecule has 1 fully saturated rings. The predicted octanol–water partition coefficient (Wildman–Crippen LogP) is 3.35. The first-order valence-corrected chi connectivity index (χ1v) is 8.05. The van der Waals surface area contributed by atoms with E-state index >= 15 is 0 Å². The van der Waals surface area contributed by atoms with Gasteiger partial charge in [-0.25, -0.2) is 0 Å². The quantitative estimate of drug-likeness (QED) is 0.814. The molecule has 1 heterocycles. The number of thiophene rings is 1. The van der Waals surface area contributed by atoms with Gasteiger partial charge in [0.05, 0.1) is 0 Å². The number of rotatable bonds is 7. The van der Waals surface area contributed by atoms with Gasteiger partial charge in [0.2, 0.25) is 0 Å².